The van der Waals surface area contributed by atoms with Gasteiger partial charge in [0.15, 0.2) is 0 Å². The lowest BCUT2D eigenvalue weighted by atomic mass is 10.2. The van der Waals surface area contributed by atoms with E-state index in [0.29, 0.717) is 6.61 Å². The van der Waals surface area contributed by atoms with Crippen LogP contribution in [-0.4, -0.2) is 50.7 Å². The summed E-state index contributed by atoms with van der Waals surface area (Å²) in [6.07, 6.45) is 1.94. The number of esters is 1. The lowest BCUT2D eigenvalue weighted by Crippen LogP contribution is -2.38. The van der Waals surface area contributed by atoms with Gasteiger partial charge in [0.25, 0.3) is 0 Å². The van der Waals surface area contributed by atoms with Gasteiger partial charge in [-0.3, -0.25) is 4.79 Å². The second-order valence-corrected chi connectivity index (χ2v) is 3.69. The SMILES string of the molecule is CCCN(C)CCC(NC)C(=O)OCC. The molecule has 0 amide bonds. The molecule has 0 aliphatic heterocycles. The van der Waals surface area contributed by atoms with Crippen LogP contribution in [0.5, 0.6) is 0 Å². The van der Waals surface area contributed by atoms with E-state index < -0.39 is 0 Å². The van der Waals surface area contributed by atoms with Crippen molar-refractivity contribution >= 4 is 5.97 Å². The Balaban J connectivity index is 3.83. The Labute approximate surface area is 93.0 Å². The molecule has 1 N–H and O–H groups in total. The highest BCUT2D eigenvalue weighted by Crippen LogP contribution is 1.98. The van der Waals surface area contributed by atoms with Crippen LogP contribution < -0.4 is 5.32 Å². The van der Waals surface area contributed by atoms with Crippen molar-refractivity contribution in [3.05, 3.63) is 0 Å². The van der Waals surface area contributed by atoms with E-state index in [1.807, 2.05) is 6.92 Å². The van der Waals surface area contributed by atoms with Crippen molar-refractivity contribution < 1.29 is 9.53 Å². The molecule has 4 heteroatoms. The average molecular weight is 216 g/mol. The smallest absolute Gasteiger partial charge is 0.323 e. The molecular formula is C11H24N2O2. The highest BCUT2D eigenvalue weighted by Gasteiger charge is 2.17. The van der Waals surface area contributed by atoms with Crippen molar-refractivity contribution in [2.75, 3.05) is 33.8 Å². The monoisotopic (exact) mass is 216 g/mol. The summed E-state index contributed by atoms with van der Waals surface area (Å²) < 4.78 is 4.97. The van der Waals surface area contributed by atoms with E-state index in [9.17, 15) is 4.79 Å². The summed E-state index contributed by atoms with van der Waals surface area (Å²) in [6, 6.07) is -0.177. The van der Waals surface area contributed by atoms with E-state index >= 15 is 0 Å². The van der Waals surface area contributed by atoms with Gasteiger partial charge in [-0.2, -0.15) is 0 Å². The zero-order chi connectivity index (χ0) is 11.7. The van der Waals surface area contributed by atoms with Gasteiger partial charge < -0.3 is 15.0 Å². The molecule has 0 radical (unpaired) electrons. The molecule has 0 aromatic carbocycles. The van der Waals surface area contributed by atoms with Gasteiger partial charge in [-0.05, 0) is 47.0 Å². The lowest BCUT2D eigenvalue weighted by Gasteiger charge is -2.19. The van der Waals surface area contributed by atoms with Gasteiger partial charge in [0.1, 0.15) is 6.04 Å². The summed E-state index contributed by atoms with van der Waals surface area (Å²) in [7, 11) is 3.86. The topological polar surface area (TPSA) is 41.6 Å². The third kappa shape index (κ3) is 6.47. The van der Waals surface area contributed by atoms with Gasteiger partial charge in [0, 0.05) is 0 Å². The normalized spacial score (nSPS) is 12.9. The van der Waals surface area contributed by atoms with Crippen molar-refractivity contribution in [3.8, 4) is 0 Å². The van der Waals surface area contributed by atoms with Crippen LogP contribution in [0.1, 0.15) is 26.7 Å². The highest BCUT2D eigenvalue weighted by molar-refractivity contribution is 5.75. The molecule has 0 rings (SSSR count). The van der Waals surface area contributed by atoms with Crippen LogP contribution in [0.2, 0.25) is 0 Å². The minimum atomic E-state index is -0.177. The van der Waals surface area contributed by atoms with Crippen LogP contribution in [0.15, 0.2) is 0 Å². The van der Waals surface area contributed by atoms with Crippen molar-refractivity contribution in [2.24, 2.45) is 0 Å². The molecule has 0 aromatic rings. The number of ether oxygens (including phenoxy) is 1. The van der Waals surface area contributed by atoms with E-state index in [2.05, 4.69) is 24.2 Å². The van der Waals surface area contributed by atoms with Crippen molar-refractivity contribution in [2.45, 2.75) is 32.7 Å². The summed E-state index contributed by atoms with van der Waals surface area (Å²) in [4.78, 5) is 13.7. The number of hydrogen-bond donors (Lipinski definition) is 1. The van der Waals surface area contributed by atoms with Crippen molar-refractivity contribution in [3.63, 3.8) is 0 Å². The maximum Gasteiger partial charge on any atom is 0.323 e. The molecule has 90 valence electrons. The predicted octanol–water partition coefficient (Wildman–Crippen LogP) is 0.869. The van der Waals surface area contributed by atoms with Gasteiger partial charge in [0.2, 0.25) is 0 Å². The zero-order valence-corrected chi connectivity index (χ0v) is 10.4. The molecule has 0 spiro atoms. The Hall–Kier alpha value is -0.610. The summed E-state index contributed by atoms with van der Waals surface area (Å²) in [5.41, 5.74) is 0. The summed E-state index contributed by atoms with van der Waals surface area (Å²) in [6.45, 7) is 6.41. The highest BCUT2D eigenvalue weighted by atomic mass is 16.5. The Morgan fingerprint density at radius 3 is 2.53 bits per heavy atom. The van der Waals surface area contributed by atoms with E-state index in [0.717, 1.165) is 25.9 Å². The quantitative estimate of drug-likeness (QED) is 0.611. The molecule has 0 aromatic heterocycles. The summed E-state index contributed by atoms with van der Waals surface area (Å²) >= 11 is 0. The van der Waals surface area contributed by atoms with Crippen LogP contribution in [0.3, 0.4) is 0 Å². The molecule has 0 aliphatic rings. The Kier molecular flexibility index (Phi) is 8.33. The third-order valence-corrected chi connectivity index (χ3v) is 2.32. The van der Waals surface area contributed by atoms with Gasteiger partial charge in [-0.25, -0.2) is 0 Å². The molecule has 0 bridgehead atoms. The Morgan fingerprint density at radius 1 is 1.40 bits per heavy atom. The number of likely N-dealkylation sites (N-methyl/N-ethyl adjacent to an activating group) is 1. The van der Waals surface area contributed by atoms with Crippen LogP contribution >= 0.6 is 0 Å². The number of rotatable bonds is 8. The molecule has 1 unspecified atom stereocenters. The number of nitrogens with one attached hydrogen (secondary N) is 1. The first-order valence-corrected chi connectivity index (χ1v) is 5.68. The Morgan fingerprint density at radius 2 is 2.07 bits per heavy atom. The van der Waals surface area contributed by atoms with Crippen LogP contribution in [-0.2, 0) is 9.53 Å². The summed E-state index contributed by atoms with van der Waals surface area (Å²) in [5, 5.41) is 2.98. The van der Waals surface area contributed by atoms with E-state index in [-0.39, 0.29) is 12.0 Å². The number of hydrogen-bond acceptors (Lipinski definition) is 4. The van der Waals surface area contributed by atoms with E-state index in [1.54, 1.807) is 7.05 Å². The van der Waals surface area contributed by atoms with Crippen molar-refractivity contribution in [1.82, 2.24) is 10.2 Å². The first kappa shape index (κ1) is 14.4. The van der Waals surface area contributed by atoms with E-state index in [4.69, 9.17) is 4.74 Å². The minimum absolute atomic E-state index is 0.148. The number of nitrogens with zero attached hydrogens (tertiary/aromatic N) is 1. The molecular weight excluding hydrogens is 192 g/mol. The fraction of sp³-hybridized carbons (Fsp3) is 0.909. The van der Waals surface area contributed by atoms with Gasteiger partial charge in [-0.15, -0.1) is 0 Å². The second-order valence-electron chi connectivity index (χ2n) is 3.69. The number of carbonyl (C=O) groups is 1. The second kappa shape index (κ2) is 8.68. The fourth-order valence-electron chi connectivity index (χ4n) is 1.47. The van der Waals surface area contributed by atoms with Gasteiger partial charge in [0.05, 0.1) is 6.61 Å². The van der Waals surface area contributed by atoms with Crippen LogP contribution in [0.25, 0.3) is 0 Å². The van der Waals surface area contributed by atoms with Crippen molar-refractivity contribution in [1.29, 1.82) is 0 Å². The first-order chi connectivity index (χ1) is 7.15. The maximum absolute atomic E-state index is 11.4. The molecule has 4 nitrogen and oxygen atoms in total. The van der Waals surface area contributed by atoms with Gasteiger partial charge in [-0.1, -0.05) is 6.92 Å². The Bertz CT molecular complexity index is 174. The summed E-state index contributed by atoms with van der Waals surface area (Å²) in [5.74, 6) is -0.148. The van der Waals surface area contributed by atoms with E-state index in [1.165, 1.54) is 0 Å². The predicted molar refractivity (Wildman–Crippen MR) is 61.9 cm³/mol. The standard InChI is InChI=1S/C11H24N2O2/c1-5-8-13(4)9-7-10(12-3)11(14)15-6-2/h10,12H,5-9H2,1-4H3. The maximum atomic E-state index is 11.4. The van der Waals surface area contributed by atoms with Crippen LogP contribution in [0.4, 0.5) is 0 Å². The lowest BCUT2D eigenvalue weighted by molar-refractivity contribution is -0.145. The zero-order valence-electron chi connectivity index (χ0n) is 10.4. The largest absolute Gasteiger partial charge is 0.465 e. The molecule has 0 saturated carbocycles. The van der Waals surface area contributed by atoms with Crippen LogP contribution in [0, 0.1) is 0 Å². The molecule has 1 atom stereocenters. The number of carbonyl (C=O) groups excluding carboxylic acids is 1. The fourth-order valence-corrected chi connectivity index (χ4v) is 1.47. The first-order valence-electron chi connectivity index (χ1n) is 5.68. The molecule has 15 heavy (non-hydrogen) atoms. The molecule has 0 aliphatic carbocycles. The van der Waals surface area contributed by atoms with Gasteiger partial charge >= 0.3 is 5.97 Å². The average Bonchev–Trinajstić information content (AvgIpc) is 2.19. The third-order valence-electron chi connectivity index (χ3n) is 2.32. The molecule has 0 saturated heterocycles. The molecule has 0 heterocycles. The minimum Gasteiger partial charge on any atom is -0.465 e. The molecule has 0 fully saturated rings.